The standard InChI is InChI=1S/C13H28N2O2/c1-6-8-10(3)15-12(16)11(4)14-9-13(5,17)7-2/h10-11,14,17H,6-9H2,1-5H3,(H,15,16). The number of aliphatic hydroxyl groups is 1. The van der Waals surface area contributed by atoms with E-state index in [9.17, 15) is 9.90 Å². The van der Waals surface area contributed by atoms with Crippen LogP contribution in [0, 0.1) is 0 Å². The Morgan fingerprint density at radius 2 is 1.94 bits per heavy atom. The molecule has 3 unspecified atom stereocenters. The first-order valence-electron chi connectivity index (χ1n) is 6.58. The summed E-state index contributed by atoms with van der Waals surface area (Å²) in [6.45, 7) is 10.1. The molecule has 0 saturated heterocycles. The van der Waals surface area contributed by atoms with Gasteiger partial charge in [-0.2, -0.15) is 0 Å². The minimum atomic E-state index is -0.746. The van der Waals surface area contributed by atoms with Crippen LogP contribution in [0.1, 0.15) is 53.9 Å². The summed E-state index contributed by atoms with van der Waals surface area (Å²) in [4.78, 5) is 11.8. The Bertz CT molecular complexity index is 229. The van der Waals surface area contributed by atoms with Crippen LogP contribution in [0.5, 0.6) is 0 Å². The van der Waals surface area contributed by atoms with Crippen molar-refractivity contribution in [3.63, 3.8) is 0 Å². The van der Waals surface area contributed by atoms with Crippen molar-refractivity contribution in [3.05, 3.63) is 0 Å². The highest BCUT2D eigenvalue weighted by molar-refractivity contribution is 5.81. The molecule has 4 nitrogen and oxygen atoms in total. The van der Waals surface area contributed by atoms with Crippen molar-refractivity contribution >= 4 is 5.91 Å². The molecule has 0 aliphatic carbocycles. The predicted octanol–water partition coefficient (Wildman–Crippen LogP) is 1.43. The Kier molecular flexibility index (Phi) is 7.39. The van der Waals surface area contributed by atoms with E-state index in [0.29, 0.717) is 13.0 Å². The molecule has 0 aromatic rings. The fourth-order valence-electron chi connectivity index (χ4n) is 1.46. The molecule has 0 rings (SSSR count). The third-order valence-corrected chi connectivity index (χ3v) is 3.05. The fourth-order valence-corrected chi connectivity index (χ4v) is 1.46. The van der Waals surface area contributed by atoms with E-state index in [4.69, 9.17) is 0 Å². The Labute approximate surface area is 105 Å². The molecule has 3 N–H and O–H groups in total. The van der Waals surface area contributed by atoms with Gasteiger partial charge >= 0.3 is 0 Å². The SMILES string of the molecule is CCCC(C)NC(=O)C(C)NCC(C)(O)CC. The molecule has 17 heavy (non-hydrogen) atoms. The van der Waals surface area contributed by atoms with Crippen molar-refractivity contribution in [2.24, 2.45) is 0 Å². The lowest BCUT2D eigenvalue weighted by molar-refractivity contribution is -0.123. The highest BCUT2D eigenvalue weighted by atomic mass is 16.3. The maximum atomic E-state index is 11.8. The molecule has 0 spiro atoms. The van der Waals surface area contributed by atoms with Crippen molar-refractivity contribution < 1.29 is 9.90 Å². The van der Waals surface area contributed by atoms with Gasteiger partial charge in [-0.05, 0) is 33.6 Å². The van der Waals surface area contributed by atoms with Gasteiger partial charge < -0.3 is 15.7 Å². The van der Waals surface area contributed by atoms with Crippen molar-refractivity contribution in [1.29, 1.82) is 0 Å². The minimum absolute atomic E-state index is 0.00199. The number of carbonyl (C=O) groups excluding carboxylic acids is 1. The first-order chi connectivity index (χ1) is 7.82. The topological polar surface area (TPSA) is 61.4 Å². The minimum Gasteiger partial charge on any atom is -0.389 e. The van der Waals surface area contributed by atoms with E-state index >= 15 is 0 Å². The van der Waals surface area contributed by atoms with Crippen LogP contribution in [0.15, 0.2) is 0 Å². The molecule has 0 aromatic carbocycles. The van der Waals surface area contributed by atoms with Crippen LogP contribution in [-0.4, -0.2) is 35.2 Å². The molecule has 4 heteroatoms. The van der Waals surface area contributed by atoms with E-state index in [1.54, 1.807) is 6.92 Å². The quantitative estimate of drug-likeness (QED) is 0.605. The van der Waals surface area contributed by atoms with Crippen LogP contribution in [-0.2, 0) is 4.79 Å². The molecule has 0 aliphatic heterocycles. The van der Waals surface area contributed by atoms with Crippen LogP contribution in [0.25, 0.3) is 0 Å². The molecular weight excluding hydrogens is 216 g/mol. The highest BCUT2D eigenvalue weighted by Crippen LogP contribution is 2.06. The summed E-state index contributed by atoms with van der Waals surface area (Å²) in [5.41, 5.74) is -0.746. The van der Waals surface area contributed by atoms with E-state index in [2.05, 4.69) is 17.6 Å². The first-order valence-corrected chi connectivity index (χ1v) is 6.58. The Balaban J connectivity index is 3.98. The van der Waals surface area contributed by atoms with E-state index in [1.165, 1.54) is 0 Å². The first kappa shape index (κ1) is 16.4. The zero-order chi connectivity index (χ0) is 13.5. The van der Waals surface area contributed by atoms with Gasteiger partial charge in [0.1, 0.15) is 0 Å². The molecular formula is C13H28N2O2. The number of nitrogens with one attached hydrogen (secondary N) is 2. The Morgan fingerprint density at radius 1 is 1.35 bits per heavy atom. The summed E-state index contributed by atoms with van der Waals surface area (Å²) in [7, 11) is 0. The van der Waals surface area contributed by atoms with Gasteiger partial charge in [-0.3, -0.25) is 4.79 Å². The number of rotatable bonds is 8. The highest BCUT2D eigenvalue weighted by Gasteiger charge is 2.21. The van der Waals surface area contributed by atoms with Gasteiger partial charge in [0.2, 0.25) is 5.91 Å². The van der Waals surface area contributed by atoms with Gasteiger partial charge in [0.25, 0.3) is 0 Å². The van der Waals surface area contributed by atoms with Crippen molar-refractivity contribution in [2.45, 2.75) is 71.6 Å². The lowest BCUT2D eigenvalue weighted by Crippen LogP contribution is -2.49. The Hall–Kier alpha value is -0.610. The van der Waals surface area contributed by atoms with E-state index in [-0.39, 0.29) is 18.0 Å². The third-order valence-electron chi connectivity index (χ3n) is 3.05. The zero-order valence-electron chi connectivity index (χ0n) is 11.8. The third kappa shape index (κ3) is 7.34. The Morgan fingerprint density at radius 3 is 2.41 bits per heavy atom. The number of hydrogen-bond donors (Lipinski definition) is 3. The predicted molar refractivity (Wildman–Crippen MR) is 70.9 cm³/mol. The second-order valence-corrected chi connectivity index (χ2v) is 5.15. The molecule has 0 saturated carbocycles. The van der Waals surface area contributed by atoms with E-state index < -0.39 is 5.60 Å². The van der Waals surface area contributed by atoms with Crippen LogP contribution >= 0.6 is 0 Å². The average molecular weight is 244 g/mol. The van der Waals surface area contributed by atoms with E-state index in [0.717, 1.165) is 12.8 Å². The number of carbonyl (C=O) groups is 1. The molecule has 3 atom stereocenters. The summed E-state index contributed by atoms with van der Waals surface area (Å²) in [6.07, 6.45) is 2.72. The molecule has 0 aliphatic rings. The summed E-state index contributed by atoms with van der Waals surface area (Å²) in [5.74, 6) is -0.00199. The van der Waals surface area contributed by atoms with Crippen LogP contribution in [0.4, 0.5) is 0 Å². The van der Waals surface area contributed by atoms with Gasteiger partial charge in [0.15, 0.2) is 0 Å². The molecule has 0 fully saturated rings. The second-order valence-electron chi connectivity index (χ2n) is 5.15. The maximum absolute atomic E-state index is 11.8. The monoisotopic (exact) mass is 244 g/mol. The lowest BCUT2D eigenvalue weighted by atomic mass is 10.0. The van der Waals surface area contributed by atoms with Crippen molar-refractivity contribution in [2.75, 3.05) is 6.54 Å². The van der Waals surface area contributed by atoms with Gasteiger partial charge in [-0.15, -0.1) is 0 Å². The van der Waals surface area contributed by atoms with E-state index in [1.807, 2.05) is 20.8 Å². The van der Waals surface area contributed by atoms with Crippen LogP contribution in [0.3, 0.4) is 0 Å². The smallest absolute Gasteiger partial charge is 0.237 e. The zero-order valence-corrected chi connectivity index (χ0v) is 11.8. The molecule has 0 heterocycles. The molecule has 102 valence electrons. The summed E-state index contributed by atoms with van der Waals surface area (Å²) in [6, 6.07) is -0.0595. The largest absolute Gasteiger partial charge is 0.389 e. The molecule has 0 radical (unpaired) electrons. The molecule has 1 amide bonds. The van der Waals surface area contributed by atoms with Gasteiger partial charge in [-0.25, -0.2) is 0 Å². The van der Waals surface area contributed by atoms with Crippen LogP contribution in [0.2, 0.25) is 0 Å². The summed E-state index contributed by atoms with van der Waals surface area (Å²) in [5, 5.41) is 15.8. The van der Waals surface area contributed by atoms with Gasteiger partial charge in [0, 0.05) is 12.6 Å². The maximum Gasteiger partial charge on any atom is 0.237 e. The number of amides is 1. The summed E-state index contributed by atoms with van der Waals surface area (Å²) < 4.78 is 0. The van der Waals surface area contributed by atoms with Gasteiger partial charge in [0.05, 0.1) is 11.6 Å². The van der Waals surface area contributed by atoms with Crippen molar-refractivity contribution in [3.8, 4) is 0 Å². The lowest BCUT2D eigenvalue weighted by Gasteiger charge is -2.25. The van der Waals surface area contributed by atoms with Crippen molar-refractivity contribution in [1.82, 2.24) is 10.6 Å². The summed E-state index contributed by atoms with van der Waals surface area (Å²) >= 11 is 0. The molecule has 0 bridgehead atoms. The fraction of sp³-hybridized carbons (Fsp3) is 0.923. The van der Waals surface area contributed by atoms with Crippen LogP contribution < -0.4 is 10.6 Å². The molecule has 0 aromatic heterocycles. The normalized spacial score (nSPS) is 18.2. The number of hydrogen-bond acceptors (Lipinski definition) is 3. The second kappa shape index (κ2) is 7.67. The van der Waals surface area contributed by atoms with Gasteiger partial charge in [-0.1, -0.05) is 20.3 Å². The average Bonchev–Trinajstić information content (AvgIpc) is 2.26.